The normalized spacial score (nSPS) is 12.0. The van der Waals surface area contributed by atoms with Crippen LogP contribution in [0.15, 0.2) is 0 Å². The second-order valence-electron chi connectivity index (χ2n) is 1.68. The fourth-order valence-electron chi connectivity index (χ4n) is 0.564. The first-order valence-electron chi connectivity index (χ1n) is 3.26. The van der Waals surface area contributed by atoms with Gasteiger partial charge in [-0.2, -0.15) is 0 Å². The number of rotatable bonds is 5. The highest BCUT2D eigenvalue weighted by Crippen LogP contribution is 2.17. The SMILES string of the molecule is CCOC(Cl)(CO)OCC. The van der Waals surface area contributed by atoms with Crippen LogP contribution < -0.4 is 0 Å². The van der Waals surface area contributed by atoms with Crippen LogP contribution in [0.25, 0.3) is 0 Å². The molecule has 1 N–H and O–H groups in total. The molecule has 4 heteroatoms. The van der Waals surface area contributed by atoms with Gasteiger partial charge in [-0.05, 0) is 13.8 Å². The van der Waals surface area contributed by atoms with Gasteiger partial charge in [-0.1, -0.05) is 11.6 Å². The Kier molecular flexibility index (Phi) is 4.99. The lowest BCUT2D eigenvalue weighted by molar-refractivity contribution is -0.192. The standard InChI is InChI=1S/C6H13ClO3/c1-3-9-6(7,5-8)10-4-2/h8H,3-5H2,1-2H3. The van der Waals surface area contributed by atoms with E-state index in [-0.39, 0.29) is 6.61 Å². The number of ether oxygens (including phenoxy) is 2. The van der Waals surface area contributed by atoms with Crippen molar-refractivity contribution in [3.8, 4) is 0 Å². The second-order valence-corrected chi connectivity index (χ2v) is 2.26. The van der Waals surface area contributed by atoms with Crippen molar-refractivity contribution < 1.29 is 14.6 Å². The highest BCUT2D eigenvalue weighted by molar-refractivity contribution is 6.22. The van der Waals surface area contributed by atoms with E-state index < -0.39 is 5.25 Å². The average Bonchev–Trinajstić information content (AvgIpc) is 1.89. The van der Waals surface area contributed by atoms with Crippen LogP contribution in [0.5, 0.6) is 0 Å². The Morgan fingerprint density at radius 3 is 1.90 bits per heavy atom. The van der Waals surface area contributed by atoms with Crippen molar-refractivity contribution in [3.05, 3.63) is 0 Å². The lowest BCUT2D eigenvalue weighted by Crippen LogP contribution is -2.33. The van der Waals surface area contributed by atoms with Gasteiger partial charge in [-0.25, -0.2) is 0 Å². The quantitative estimate of drug-likeness (QED) is 0.491. The molecule has 0 fully saturated rings. The van der Waals surface area contributed by atoms with Crippen LogP contribution in [0.3, 0.4) is 0 Å². The van der Waals surface area contributed by atoms with E-state index in [4.69, 9.17) is 26.2 Å². The summed E-state index contributed by atoms with van der Waals surface area (Å²) in [5.41, 5.74) is 0. The molecule has 0 aliphatic heterocycles. The molecule has 0 saturated heterocycles. The highest BCUT2D eigenvalue weighted by Gasteiger charge is 2.26. The fraction of sp³-hybridized carbons (Fsp3) is 1.00. The largest absolute Gasteiger partial charge is 0.389 e. The zero-order valence-electron chi connectivity index (χ0n) is 6.26. The molecule has 0 aromatic heterocycles. The van der Waals surface area contributed by atoms with E-state index in [2.05, 4.69) is 0 Å². The zero-order chi connectivity index (χ0) is 8.04. The maximum absolute atomic E-state index is 8.67. The third-order valence-corrected chi connectivity index (χ3v) is 1.25. The Hall–Kier alpha value is 0.170. The minimum atomic E-state index is -1.33. The monoisotopic (exact) mass is 168 g/mol. The number of aliphatic hydroxyl groups excluding tert-OH is 1. The van der Waals surface area contributed by atoms with Crippen LogP contribution in [0.1, 0.15) is 13.8 Å². The average molecular weight is 169 g/mol. The summed E-state index contributed by atoms with van der Waals surface area (Å²) in [5.74, 6) is 0. The van der Waals surface area contributed by atoms with E-state index >= 15 is 0 Å². The molecule has 62 valence electrons. The Morgan fingerprint density at radius 2 is 1.70 bits per heavy atom. The van der Waals surface area contributed by atoms with Gasteiger partial charge in [0.2, 0.25) is 0 Å². The van der Waals surface area contributed by atoms with Gasteiger partial charge in [0, 0.05) is 13.2 Å². The van der Waals surface area contributed by atoms with Gasteiger partial charge >= 0.3 is 0 Å². The summed E-state index contributed by atoms with van der Waals surface area (Å²) >= 11 is 5.63. The molecular weight excluding hydrogens is 156 g/mol. The van der Waals surface area contributed by atoms with Crippen LogP contribution in [0.2, 0.25) is 0 Å². The van der Waals surface area contributed by atoms with Crippen LogP contribution in [-0.4, -0.2) is 30.2 Å². The Bertz CT molecular complexity index is 81.1. The Labute approximate surface area is 65.9 Å². The minimum Gasteiger partial charge on any atom is -0.389 e. The predicted octanol–water partition coefficient (Wildman–Crippen LogP) is 0.944. The number of alkyl halides is 1. The van der Waals surface area contributed by atoms with E-state index in [1.165, 1.54) is 0 Å². The van der Waals surface area contributed by atoms with E-state index in [1.54, 1.807) is 13.8 Å². The summed E-state index contributed by atoms with van der Waals surface area (Å²) in [6.07, 6.45) is 0. The maximum Gasteiger partial charge on any atom is 0.272 e. The lowest BCUT2D eigenvalue weighted by Gasteiger charge is -2.23. The molecule has 0 aromatic carbocycles. The van der Waals surface area contributed by atoms with Crippen molar-refractivity contribution in [2.75, 3.05) is 19.8 Å². The van der Waals surface area contributed by atoms with Crippen molar-refractivity contribution in [3.63, 3.8) is 0 Å². The van der Waals surface area contributed by atoms with Gasteiger partial charge in [-0.15, -0.1) is 0 Å². The first-order chi connectivity index (χ1) is 4.68. The molecule has 0 aromatic rings. The van der Waals surface area contributed by atoms with Crippen molar-refractivity contribution in [1.29, 1.82) is 0 Å². The molecule has 0 heterocycles. The molecule has 0 spiro atoms. The van der Waals surface area contributed by atoms with Gasteiger partial charge in [0.1, 0.15) is 6.61 Å². The Morgan fingerprint density at radius 1 is 1.30 bits per heavy atom. The molecule has 0 aliphatic carbocycles. The summed E-state index contributed by atoms with van der Waals surface area (Å²) in [7, 11) is 0. The van der Waals surface area contributed by atoms with E-state index in [0.717, 1.165) is 0 Å². The van der Waals surface area contributed by atoms with E-state index in [0.29, 0.717) is 13.2 Å². The molecule has 0 rings (SSSR count). The van der Waals surface area contributed by atoms with Crippen molar-refractivity contribution >= 4 is 11.6 Å². The lowest BCUT2D eigenvalue weighted by atomic mass is 10.6. The summed E-state index contributed by atoms with van der Waals surface area (Å²) in [6.45, 7) is 4.07. The van der Waals surface area contributed by atoms with E-state index in [9.17, 15) is 0 Å². The van der Waals surface area contributed by atoms with Gasteiger partial charge in [0.25, 0.3) is 5.25 Å². The number of hydrogen-bond donors (Lipinski definition) is 1. The van der Waals surface area contributed by atoms with Gasteiger partial charge < -0.3 is 14.6 Å². The third kappa shape index (κ3) is 3.37. The maximum atomic E-state index is 8.67. The molecule has 0 bridgehead atoms. The molecule has 0 aliphatic rings. The first kappa shape index (κ1) is 10.2. The predicted molar refractivity (Wildman–Crippen MR) is 38.9 cm³/mol. The molecule has 0 amide bonds. The van der Waals surface area contributed by atoms with Gasteiger partial charge in [0.05, 0.1) is 0 Å². The number of aliphatic hydroxyl groups is 1. The Balaban J connectivity index is 3.69. The van der Waals surface area contributed by atoms with Crippen molar-refractivity contribution in [1.82, 2.24) is 0 Å². The zero-order valence-corrected chi connectivity index (χ0v) is 7.02. The van der Waals surface area contributed by atoms with E-state index in [1.807, 2.05) is 0 Å². The molecule has 0 unspecified atom stereocenters. The second kappa shape index (κ2) is 4.91. The summed E-state index contributed by atoms with van der Waals surface area (Å²) in [5, 5.41) is 7.34. The fourth-order valence-corrected chi connectivity index (χ4v) is 0.782. The molecule has 3 nitrogen and oxygen atoms in total. The first-order valence-corrected chi connectivity index (χ1v) is 3.64. The van der Waals surface area contributed by atoms with Crippen molar-refractivity contribution in [2.24, 2.45) is 0 Å². The van der Waals surface area contributed by atoms with Gasteiger partial charge in [0.15, 0.2) is 0 Å². The van der Waals surface area contributed by atoms with Gasteiger partial charge in [-0.3, -0.25) is 0 Å². The summed E-state index contributed by atoms with van der Waals surface area (Å²) in [4.78, 5) is 0. The summed E-state index contributed by atoms with van der Waals surface area (Å²) < 4.78 is 9.82. The van der Waals surface area contributed by atoms with Crippen molar-refractivity contribution in [2.45, 2.75) is 19.1 Å². The van der Waals surface area contributed by atoms with Crippen LogP contribution in [0.4, 0.5) is 0 Å². The molecular formula is C6H13ClO3. The highest BCUT2D eigenvalue weighted by atomic mass is 35.5. The molecule has 0 radical (unpaired) electrons. The third-order valence-electron chi connectivity index (χ3n) is 0.909. The topological polar surface area (TPSA) is 38.7 Å². The molecule has 0 atom stereocenters. The molecule has 0 saturated carbocycles. The summed E-state index contributed by atoms with van der Waals surface area (Å²) in [6, 6.07) is 0. The number of halogens is 1. The van der Waals surface area contributed by atoms with Crippen LogP contribution >= 0.6 is 11.6 Å². The number of hydrogen-bond acceptors (Lipinski definition) is 3. The van der Waals surface area contributed by atoms with Crippen LogP contribution in [0, 0.1) is 0 Å². The van der Waals surface area contributed by atoms with Crippen LogP contribution in [-0.2, 0) is 9.47 Å². The molecule has 10 heavy (non-hydrogen) atoms. The minimum absolute atomic E-state index is 0.337. The smallest absolute Gasteiger partial charge is 0.272 e.